The number of benzene rings is 1. The summed E-state index contributed by atoms with van der Waals surface area (Å²) in [4.78, 5) is 40.7. The molecule has 3 rings (SSSR count). The minimum absolute atomic E-state index is 0.0275. The molecule has 1 aliphatic carbocycles. The van der Waals surface area contributed by atoms with Crippen molar-refractivity contribution < 1.29 is 14.4 Å². The van der Waals surface area contributed by atoms with E-state index in [1.165, 1.54) is 12.5 Å². The second kappa shape index (κ2) is 6.98. The van der Waals surface area contributed by atoms with Gasteiger partial charge in [-0.05, 0) is 36.0 Å². The maximum absolute atomic E-state index is 12.9. The van der Waals surface area contributed by atoms with Gasteiger partial charge in [0.2, 0.25) is 17.7 Å². The number of anilines is 1. The fraction of sp³-hybridized carbons (Fsp3) is 0.571. The van der Waals surface area contributed by atoms with E-state index in [-0.39, 0.29) is 23.1 Å². The maximum Gasteiger partial charge on any atom is 0.240 e. The van der Waals surface area contributed by atoms with Crippen molar-refractivity contribution in [3.8, 4) is 0 Å². The normalized spacial score (nSPS) is 18.8. The van der Waals surface area contributed by atoms with E-state index in [0.717, 1.165) is 0 Å². The summed E-state index contributed by atoms with van der Waals surface area (Å²) in [6, 6.07) is 7.81. The van der Waals surface area contributed by atoms with Crippen LogP contribution >= 0.6 is 0 Å². The summed E-state index contributed by atoms with van der Waals surface area (Å²) in [5, 5.41) is 2.92. The number of nitrogens with zero attached hydrogens (tertiary/aromatic N) is 2. The second-order valence-electron chi connectivity index (χ2n) is 8.66. The minimum atomic E-state index is -0.929. The van der Waals surface area contributed by atoms with Crippen molar-refractivity contribution in [1.82, 2.24) is 9.80 Å². The lowest BCUT2D eigenvalue weighted by Gasteiger charge is -2.35. The van der Waals surface area contributed by atoms with Crippen molar-refractivity contribution in [2.45, 2.75) is 46.0 Å². The zero-order valence-electron chi connectivity index (χ0n) is 16.7. The minimum Gasteiger partial charge on any atom is -0.339 e. The highest BCUT2D eigenvalue weighted by molar-refractivity contribution is 6.13. The van der Waals surface area contributed by atoms with E-state index in [9.17, 15) is 14.4 Å². The van der Waals surface area contributed by atoms with Gasteiger partial charge in [-0.2, -0.15) is 0 Å². The van der Waals surface area contributed by atoms with Crippen LogP contribution in [0.4, 0.5) is 5.69 Å². The molecular formula is C21H29N3O3. The molecule has 0 radical (unpaired) electrons. The molecule has 1 aromatic rings. The molecule has 0 spiro atoms. The van der Waals surface area contributed by atoms with Crippen LogP contribution in [-0.4, -0.2) is 53.7 Å². The Hall–Kier alpha value is -2.37. The quantitative estimate of drug-likeness (QED) is 0.830. The molecule has 0 bridgehead atoms. The van der Waals surface area contributed by atoms with Crippen LogP contribution in [0.5, 0.6) is 0 Å². The molecule has 2 fully saturated rings. The molecule has 146 valence electrons. The van der Waals surface area contributed by atoms with Gasteiger partial charge in [0.1, 0.15) is 5.41 Å². The van der Waals surface area contributed by atoms with Crippen molar-refractivity contribution in [1.29, 1.82) is 0 Å². The van der Waals surface area contributed by atoms with E-state index in [2.05, 4.69) is 26.1 Å². The molecule has 1 saturated heterocycles. The molecule has 1 saturated carbocycles. The third-order valence-electron chi connectivity index (χ3n) is 5.62. The molecule has 1 heterocycles. The summed E-state index contributed by atoms with van der Waals surface area (Å²) in [6.45, 7) is 10.0. The molecule has 1 aliphatic heterocycles. The molecule has 0 unspecified atom stereocenters. The van der Waals surface area contributed by atoms with Gasteiger partial charge in [0.15, 0.2) is 0 Å². The Bertz CT molecular complexity index is 737. The number of hydrogen-bond acceptors (Lipinski definition) is 3. The zero-order chi connectivity index (χ0) is 19.8. The number of hydrogen-bond donors (Lipinski definition) is 1. The number of carbonyl (C=O) groups is 3. The van der Waals surface area contributed by atoms with Crippen LogP contribution in [0.3, 0.4) is 0 Å². The molecule has 27 heavy (non-hydrogen) atoms. The Morgan fingerprint density at radius 3 is 1.89 bits per heavy atom. The smallest absolute Gasteiger partial charge is 0.240 e. The monoisotopic (exact) mass is 371 g/mol. The van der Waals surface area contributed by atoms with Crippen molar-refractivity contribution >= 4 is 23.4 Å². The maximum atomic E-state index is 12.9. The predicted molar refractivity (Wildman–Crippen MR) is 104 cm³/mol. The summed E-state index contributed by atoms with van der Waals surface area (Å²) < 4.78 is 0. The molecule has 6 heteroatoms. The van der Waals surface area contributed by atoms with E-state index in [1.807, 2.05) is 24.3 Å². The van der Waals surface area contributed by atoms with Gasteiger partial charge in [-0.3, -0.25) is 14.4 Å². The summed E-state index contributed by atoms with van der Waals surface area (Å²) in [5.74, 6) is -0.292. The average Bonchev–Trinajstić information content (AvgIpc) is 3.43. The lowest BCUT2D eigenvalue weighted by Crippen LogP contribution is -2.53. The topological polar surface area (TPSA) is 69.7 Å². The first-order valence-corrected chi connectivity index (χ1v) is 9.60. The number of rotatable bonds is 3. The van der Waals surface area contributed by atoms with Gasteiger partial charge < -0.3 is 15.1 Å². The molecule has 2 aliphatic rings. The third-order valence-corrected chi connectivity index (χ3v) is 5.62. The van der Waals surface area contributed by atoms with E-state index in [4.69, 9.17) is 0 Å². The van der Waals surface area contributed by atoms with E-state index < -0.39 is 5.41 Å². The Kier molecular flexibility index (Phi) is 5.02. The summed E-state index contributed by atoms with van der Waals surface area (Å²) >= 11 is 0. The molecular weight excluding hydrogens is 342 g/mol. The van der Waals surface area contributed by atoms with Gasteiger partial charge in [0, 0.05) is 38.8 Å². The van der Waals surface area contributed by atoms with Gasteiger partial charge >= 0.3 is 0 Å². The van der Waals surface area contributed by atoms with Gasteiger partial charge in [-0.1, -0.05) is 32.9 Å². The number of piperazine rings is 1. The van der Waals surface area contributed by atoms with Gasteiger partial charge in [0.05, 0.1) is 0 Å². The Labute approximate surface area is 160 Å². The average molecular weight is 371 g/mol. The third kappa shape index (κ3) is 3.99. The van der Waals surface area contributed by atoms with Gasteiger partial charge in [-0.25, -0.2) is 0 Å². The molecule has 1 aromatic carbocycles. The fourth-order valence-corrected chi connectivity index (χ4v) is 3.49. The van der Waals surface area contributed by atoms with Crippen molar-refractivity contribution in [3.05, 3.63) is 29.8 Å². The fourth-order valence-electron chi connectivity index (χ4n) is 3.49. The van der Waals surface area contributed by atoms with Crippen molar-refractivity contribution in [2.75, 3.05) is 31.5 Å². The Balaban J connectivity index is 1.63. The SMILES string of the molecule is CC(=O)N1CCN(C(=O)C2(C(=O)Nc3ccc(C(C)(C)C)cc3)CC2)CC1. The first-order valence-electron chi connectivity index (χ1n) is 9.60. The Morgan fingerprint density at radius 1 is 0.926 bits per heavy atom. The summed E-state index contributed by atoms with van der Waals surface area (Å²) in [7, 11) is 0. The van der Waals surface area contributed by atoms with Crippen LogP contribution in [0, 0.1) is 5.41 Å². The van der Waals surface area contributed by atoms with Gasteiger partial charge in [0.25, 0.3) is 0 Å². The van der Waals surface area contributed by atoms with Crippen LogP contribution in [0.25, 0.3) is 0 Å². The van der Waals surface area contributed by atoms with Gasteiger partial charge in [-0.15, -0.1) is 0 Å². The van der Waals surface area contributed by atoms with Crippen LogP contribution in [0.15, 0.2) is 24.3 Å². The predicted octanol–water partition coefficient (Wildman–Crippen LogP) is 2.39. The lowest BCUT2D eigenvalue weighted by atomic mass is 9.87. The first-order chi connectivity index (χ1) is 12.6. The van der Waals surface area contributed by atoms with E-state index in [0.29, 0.717) is 44.7 Å². The van der Waals surface area contributed by atoms with E-state index in [1.54, 1.807) is 9.80 Å². The second-order valence-corrected chi connectivity index (χ2v) is 8.66. The molecule has 3 amide bonds. The van der Waals surface area contributed by atoms with Crippen molar-refractivity contribution in [2.24, 2.45) is 5.41 Å². The highest BCUT2D eigenvalue weighted by Crippen LogP contribution is 2.48. The van der Waals surface area contributed by atoms with Crippen LogP contribution in [-0.2, 0) is 19.8 Å². The summed E-state index contributed by atoms with van der Waals surface area (Å²) in [6.07, 6.45) is 1.18. The molecule has 1 N–H and O–H groups in total. The number of amides is 3. The molecule has 6 nitrogen and oxygen atoms in total. The Morgan fingerprint density at radius 2 is 1.44 bits per heavy atom. The summed E-state index contributed by atoms with van der Waals surface area (Å²) in [5.41, 5.74) is 1.04. The zero-order valence-corrected chi connectivity index (χ0v) is 16.7. The lowest BCUT2D eigenvalue weighted by molar-refractivity contribution is -0.146. The molecule has 0 aromatic heterocycles. The molecule has 0 atom stereocenters. The van der Waals surface area contributed by atoms with Crippen LogP contribution < -0.4 is 5.32 Å². The van der Waals surface area contributed by atoms with Crippen LogP contribution in [0.2, 0.25) is 0 Å². The largest absolute Gasteiger partial charge is 0.339 e. The van der Waals surface area contributed by atoms with Crippen molar-refractivity contribution in [3.63, 3.8) is 0 Å². The highest BCUT2D eigenvalue weighted by atomic mass is 16.2. The first kappa shape index (κ1) is 19.4. The standard InChI is InChI=1S/C21H29N3O3/c1-15(25)23-11-13-24(14-12-23)19(27)21(9-10-21)18(26)22-17-7-5-16(6-8-17)20(2,3)4/h5-8H,9-14H2,1-4H3,(H,22,26). The highest BCUT2D eigenvalue weighted by Gasteiger charge is 2.58. The van der Waals surface area contributed by atoms with E-state index >= 15 is 0 Å². The number of carbonyl (C=O) groups excluding carboxylic acids is 3. The van der Waals surface area contributed by atoms with Crippen LogP contribution in [0.1, 0.15) is 46.1 Å². The number of nitrogens with one attached hydrogen (secondary N) is 1.